The fraction of sp³-hybridized carbons (Fsp3) is 0.567. The summed E-state index contributed by atoms with van der Waals surface area (Å²) in [5.74, 6) is -3.67. The zero-order valence-electron chi connectivity index (χ0n) is 23.8. The summed E-state index contributed by atoms with van der Waals surface area (Å²) in [7, 11) is 0. The number of alkyl halides is 2. The first-order valence-electron chi connectivity index (χ1n) is 13.7. The van der Waals surface area contributed by atoms with E-state index in [1.54, 1.807) is 12.1 Å². The largest absolute Gasteiger partial charge is 0.351 e. The second-order valence-electron chi connectivity index (χ2n) is 12.8. The Morgan fingerprint density at radius 3 is 2.35 bits per heavy atom. The molecule has 0 spiro atoms. The Bertz CT molecular complexity index is 1240. The third-order valence-electron chi connectivity index (χ3n) is 7.82. The van der Waals surface area contributed by atoms with Gasteiger partial charge in [0.2, 0.25) is 11.8 Å². The van der Waals surface area contributed by atoms with Gasteiger partial charge in [-0.2, -0.15) is 5.26 Å². The summed E-state index contributed by atoms with van der Waals surface area (Å²) in [4.78, 5) is 39.8. The average molecular weight is 553 g/mol. The molecule has 2 aliphatic rings. The maximum atomic E-state index is 14.4. The Balaban J connectivity index is 1.77. The molecule has 40 heavy (non-hydrogen) atoms. The number of benzene rings is 1. The topological polar surface area (TPSA) is 102 Å². The molecule has 1 aliphatic heterocycles. The lowest BCUT2D eigenvalue weighted by atomic mass is 9.87. The zero-order chi connectivity index (χ0) is 29.3. The molecule has 0 bridgehead atoms. The van der Waals surface area contributed by atoms with E-state index in [-0.39, 0.29) is 42.2 Å². The van der Waals surface area contributed by atoms with Crippen LogP contribution in [0.4, 0.5) is 14.5 Å². The van der Waals surface area contributed by atoms with Crippen molar-refractivity contribution in [2.45, 2.75) is 96.2 Å². The molecule has 2 aromatic rings. The summed E-state index contributed by atoms with van der Waals surface area (Å²) < 4.78 is 27.6. The number of carbonyl (C=O) groups excluding carboxylic acids is 2. The highest BCUT2D eigenvalue weighted by Gasteiger charge is 2.46. The van der Waals surface area contributed by atoms with Gasteiger partial charge in [-0.1, -0.05) is 46.8 Å². The molecule has 2 fully saturated rings. The Morgan fingerprint density at radius 1 is 1.15 bits per heavy atom. The summed E-state index contributed by atoms with van der Waals surface area (Å²) in [6.07, 6.45) is 6.61. The van der Waals surface area contributed by atoms with E-state index < -0.39 is 35.9 Å². The number of amides is 2. The third-order valence-corrected chi connectivity index (χ3v) is 7.82. The number of rotatable bonds is 6. The van der Waals surface area contributed by atoms with Crippen LogP contribution in [0.2, 0.25) is 0 Å². The molecule has 1 aromatic heterocycles. The van der Waals surface area contributed by atoms with E-state index in [4.69, 9.17) is 0 Å². The second kappa shape index (κ2) is 11.1. The van der Waals surface area contributed by atoms with Crippen molar-refractivity contribution in [2.24, 2.45) is 5.41 Å². The number of nitriles is 1. The van der Waals surface area contributed by atoms with Crippen LogP contribution in [0.1, 0.15) is 84.0 Å². The molecule has 1 aliphatic carbocycles. The third kappa shape index (κ3) is 6.57. The zero-order valence-corrected chi connectivity index (χ0v) is 23.8. The van der Waals surface area contributed by atoms with Gasteiger partial charge in [-0.15, -0.1) is 0 Å². The van der Waals surface area contributed by atoms with Crippen molar-refractivity contribution in [3.8, 4) is 6.19 Å². The fourth-order valence-corrected chi connectivity index (χ4v) is 5.58. The van der Waals surface area contributed by atoms with Crippen molar-refractivity contribution in [3.63, 3.8) is 0 Å². The van der Waals surface area contributed by atoms with Crippen LogP contribution in [0.25, 0.3) is 0 Å². The number of anilines is 1. The maximum Gasteiger partial charge on any atom is 0.251 e. The highest BCUT2D eigenvalue weighted by atomic mass is 19.3. The summed E-state index contributed by atoms with van der Waals surface area (Å²) >= 11 is 0. The van der Waals surface area contributed by atoms with Crippen molar-refractivity contribution >= 4 is 17.5 Å². The summed E-state index contributed by atoms with van der Waals surface area (Å²) in [6.45, 7) is 10.7. The molecular formula is C30H38F2N6O2. The minimum atomic E-state index is -2.74. The number of nitrogens with zero attached hydrogens (tertiary/aromatic N) is 5. The smallest absolute Gasteiger partial charge is 0.251 e. The molecule has 10 heteroatoms. The minimum Gasteiger partial charge on any atom is -0.351 e. The molecule has 8 nitrogen and oxygen atoms in total. The Kier molecular flexibility index (Phi) is 8.16. The van der Waals surface area contributed by atoms with Gasteiger partial charge in [-0.25, -0.2) is 8.78 Å². The number of hydrogen-bond acceptors (Lipinski definition) is 6. The summed E-state index contributed by atoms with van der Waals surface area (Å²) in [6, 6.07) is 5.00. The average Bonchev–Trinajstić information content (AvgIpc) is 3.22. The predicted octanol–water partition coefficient (Wildman–Crippen LogP) is 5.12. The summed E-state index contributed by atoms with van der Waals surface area (Å²) in [5.41, 5.74) is 1.35. The monoisotopic (exact) mass is 552 g/mol. The highest BCUT2D eigenvalue weighted by Crippen LogP contribution is 2.38. The molecular weight excluding hydrogens is 514 g/mol. The van der Waals surface area contributed by atoms with Crippen molar-refractivity contribution < 1.29 is 18.4 Å². The van der Waals surface area contributed by atoms with E-state index >= 15 is 0 Å². The van der Waals surface area contributed by atoms with E-state index in [0.717, 1.165) is 5.56 Å². The SMILES string of the molecule is CC1(C)C[C@H](C(=O)N(c2ccc(C(C)(C)C)cc2)[C@@H](C(=O)NC2CCC(F)(F)CC2)c2cnccn2)N(C#N)C1. The number of aromatic nitrogens is 2. The van der Waals surface area contributed by atoms with Crippen LogP contribution in [0.3, 0.4) is 0 Å². The quantitative estimate of drug-likeness (QED) is 0.499. The predicted molar refractivity (Wildman–Crippen MR) is 147 cm³/mol. The van der Waals surface area contributed by atoms with E-state index in [2.05, 4.69) is 42.2 Å². The Hall–Kier alpha value is -3.61. The number of halogens is 2. The van der Waals surface area contributed by atoms with E-state index in [0.29, 0.717) is 18.7 Å². The first-order chi connectivity index (χ1) is 18.7. The van der Waals surface area contributed by atoms with Gasteiger partial charge in [-0.3, -0.25) is 29.4 Å². The Labute approximate surface area is 234 Å². The first-order valence-corrected chi connectivity index (χ1v) is 13.7. The van der Waals surface area contributed by atoms with Gasteiger partial charge in [0.1, 0.15) is 6.04 Å². The lowest BCUT2D eigenvalue weighted by Crippen LogP contribution is -2.52. The van der Waals surface area contributed by atoms with E-state index in [1.165, 1.54) is 28.4 Å². The van der Waals surface area contributed by atoms with Crippen molar-refractivity contribution in [1.82, 2.24) is 20.2 Å². The maximum absolute atomic E-state index is 14.4. The van der Waals surface area contributed by atoms with Crippen LogP contribution in [-0.4, -0.2) is 51.2 Å². The van der Waals surface area contributed by atoms with Crippen LogP contribution in [0.15, 0.2) is 42.9 Å². The van der Waals surface area contributed by atoms with Gasteiger partial charge < -0.3 is 5.32 Å². The van der Waals surface area contributed by atoms with Gasteiger partial charge >= 0.3 is 0 Å². The molecule has 4 rings (SSSR count). The van der Waals surface area contributed by atoms with Crippen LogP contribution < -0.4 is 10.2 Å². The molecule has 2 amide bonds. The van der Waals surface area contributed by atoms with Gasteiger partial charge in [0.05, 0.1) is 11.9 Å². The van der Waals surface area contributed by atoms with E-state index in [1.807, 2.05) is 26.0 Å². The minimum absolute atomic E-state index is 0.134. The highest BCUT2D eigenvalue weighted by molar-refractivity contribution is 6.03. The van der Waals surface area contributed by atoms with Crippen molar-refractivity contribution in [1.29, 1.82) is 5.26 Å². The molecule has 1 aromatic carbocycles. The van der Waals surface area contributed by atoms with Gasteiger partial charge in [0, 0.05) is 43.5 Å². The molecule has 1 saturated heterocycles. The fourth-order valence-electron chi connectivity index (χ4n) is 5.58. The molecule has 214 valence electrons. The second-order valence-corrected chi connectivity index (χ2v) is 12.8. The van der Waals surface area contributed by atoms with Crippen LogP contribution in [-0.2, 0) is 15.0 Å². The molecule has 1 N–H and O–H groups in total. The normalized spacial score (nSPS) is 21.4. The molecule has 2 atom stereocenters. The standard InChI is InChI=1S/C30H38F2N6O2/c1-28(2,3)20-6-8-22(9-7-20)38(27(40)24-16-29(4,5)18-37(24)19-33)25(23-17-34-14-15-35-23)26(39)36-21-10-12-30(31,32)13-11-21/h6-9,14-15,17,21,24-25H,10-13,16,18H2,1-5H3,(H,36,39)/t24-,25-/m1/s1. The lowest BCUT2D eigenvalue weighted by molar-refractivity contribution is -0.129. The Morgan fingerprint density at radius 2 is 1.80 bits per heavy atom. The van der Waals surface area contributed by atoms with Crippen LogP contribution >= 0.6 is 0 Å². The van der Waals surface area contributed by atoms with Crippen LogP contribution in [0.5, 0.6) is 0 Å². The lowest BCUT2D eigenvalue weighted by Gasteiger charge is -2.36. The molecule has 1 saturated carbocycles. The van der Waals surface area contributed by atoms with Crippen molar-refractivity contribution in [2.75, 3.05) is 11.4 Å². The van der Waals surface area contributed by atoms with Gasteiger partial charge in [0.15, 0.2) is 12.2 Å². The molecule has 0 unspecified atom stereocenters. The van der Waals surface area contributed by atoms with Crippen molar-refractivity contribution in [3.05, 3.63) is 54.1 Å². The first kappa shape index (κ1) is 29.4. The van der Waals surface area contributed by atoms with Crippen LogP contribution in [0, 0.1) is 16.9 Å². The van der Waals surface area contributed by atoms with E-state index in [9.17, 15) is 23.6 Å². The summed E-state index contributed by atoms with van der Waals surface area (Å²) in [5, 5.41) is 12.8. The number of nitrogens with one attached hydrogen (secondary N) is 1. The molecule has 2 heterocycles. The number of carbonyl (C=O) groups is 2. The number of likely N-dealkylation sites (tertiary alicyclic amines) is 1. The van der Waals surface area contributed by atoms with Gasteiger partial charge in [-0.05, 0) is 47.8 Å². The van der Waals surface area contributed by atoms with Gasteiger partial charge in [0.25, 0.3) is 5.91 Å². The molecule has 0 radical (unpaired) electrons. The number of hydrogen-bond donors (Lipinski definition) is 1.